The van der Waals surface area contributed by atoms with Gasteiger partial charge in [-0.1, -0.05) is 20.8 Å². The second-order valence-corrected chi connectivity index (χ2v) is 8.69. The maximum atomic E-state index is 12.5. The van der Waals surface area contributed by atoms with Crippen LogP contribution in [0.25, 0.3) is 0 Å². The molecule has 140 valence electrons. The van der Waals surface area contributed by atoms with Gasteiger partial charge in [0.1, 0.15) is 6.04 Å². The molecule has 0 fully saturated rings. The Hall–Kier alpha value is -1.41. The van der Waals surface area contributed by atoms with Gasteiger partial charge in [-0.15, -0.1) is 0 Å². The Labute approximate surface area is 157 Å². The fourth-order valence-corrected chi connectivity index (χ4v) is 3.72. The van der Waals surface area contributed by atoms with E-state index in [4.69, 9.17) is 5.73 Å². The largest absolute Gasteiger partial charge is 0.368 e. The number of aromatic nitrogens is 2. The predicted octanol–water partition coefficient (Wildman–Crippen LogP) is 1.43. The number of nitrogens with two attached hydrogens (primary N) is 1. The standard InChI is InChI=1S/C17H28BrN5O2/c1-17(2,3)9-12(15(19)25)20-14(24)8-11-13-10-22(4)6-5-7-23(13)16(18)21-11/h12H,5-10H2,1-4H3,(H2,19,25)(H,20,24)/t12-/m0/s1. The number of rotatable bonds is 5. The molecule has 1 aliphatic rings. The molecule has 0 saturated carbocycles. The van der Waals surface area contributed by atoms with Crippen LogP contribution in [0.15, 0.2) is 4.73 Å². The SMILES string of the molecule is CN1CCCn2c(Br)nc(CC(=O)N[C@@H](CC(C)(C)C)C(N)=O)c2C1. The van der Waals surface area contributed by atoms with Gasteiger partial charge in [-0.25, -0.2) is 4.98 Å². The quantitative estimate of drug-likeness (QED) is 0.763. The lowest BCUT2D eigenvalue weighted by molar-refractivity contribution is -0.127. The van der Waals surface area contributed by atoms with E-state index >= 15 is 0 Å². The molecule has 0 saturated heterocycles. The smallest absolute Gasteiger partial charge is 0.240 e. The molecule has 0 bridgehead atoms. The minimum Gasteiger partial charge on any atom is -0.368 e. The first-order valence-corrected chi connectivity index (χ1v) is 9.37. The van der Waals surface area contributed by atoms with Crippen molar-refractivity contribution in [3.63, 3.8) is 0 Å². The average molecular weight is 414 g/mol. The highest BCUT2D eigenvalue weighted by Crippen LogP contribution is 2.23. The van der Waals surface area contributed by atoms with E-state index in [0.29, 0.717) is 6.42 Å². The number of carbonyl (C=O) groups excluding carboxylic acids is 2. The first-order valence-electron chi connectivity index (χ1n) is 8.58. The minimum absolute atomic E-state index is 0.107. The molecule has 0 radical (unpaired) electrons. The number of primary amides is 1. The van der Waals surface area contributed by atoms with E-state index in [1.807, 2.05) is 20.8 Å². The van der Waals surface area contributed by atoms with E-state index in [2.05, 4.69) is 42.7 Å². The lowest BCUT2D eigenvalue weighted by Crippen LogP contribution is -2.47. The number of hydrogen-bond donors (Lipinski definition) is 2. The summed E-state index contributed by atoms with van der Waals surface area (Å²) < 4.78 is 2.87. The number of nitrogens with zero attached hydrogens (tertiary/aromatic N) is 3. The lowest BCUT2D eigenvalue weighted by Gasteiger charge is -2.24. The Balaban J connectivity index is 2.11. The molecule has 2 heterocycles. The number of halogens is 1. The molecular weight excluding hydrogens is 386 g/mol. The van der Waals surface area contributed by atoms with Gasteiger partial charge in [-0.2, -0.15) is 0 Å². The van der Waals surface area contributed by atoms with Gasteiger partial charge in [0.15, 0.2) is 4.73 Å². The van der Waals surface area contributed by atoms with Gasteiger partial charge in [0.05, 0.1) is 17.8 Å². The van der Waals surface area contributed by atoms with Crippen molar-refractivity contribution in [2.75, 3.05) is 13.6 Å². The topological polar surface area (TPSA) is 93.2 Å². The Morgan fingerprint density at radius 3 is 2.64 bits per heavy atom. The van der Waals surface area contributed by atoms with Crippen LogP contribution in [0.5, 0.6) is 0 Å². The van der Waals surface area contributed by atoms with Crippen LogP contribution < -0.4 is 11.1 Å². The second-order valence-electron chi connectivity index (χ2n) is 7.98. The summed E-state index contributed by atoms with van der Waals surface area (Å²) in [6, 6.07) is -0.667. The van der Waals surface area contributed by atoms with E-state index in [1.54, 1.807) is 0 Å². The Morgan fingerprint density at radius 1 is 1.36 bits per heavy atom. The summed E-state index contributed by atoms with van der Waals surface area (Å²) in [7, 11) is 2.06. The third kappa shape index (κ3) is 5.54. The van der Waals surface area contributed by atoms with E-state index in [1.165, 1.54) is 0 Å². The van der Waals surface area contributed by atoms with Crippen molar-refractivity contribution in [2.24, 2.45) is 11.1 Å². The molecule has 1 aliphatic heterocycles. The third-order valence-corrected chi connectivity index (χ3v) is 4.88. The molecular formula is C17H28BrN5O2. The van der Waals surface area contributed by atoms with Crippen LogP contribution in [-0.2, 0) is 29.1 Å². The molecule has 0 aliphatic carbocycles. The van der Waals surface area contributed by atoms with Gasteiger partial charge < -0.3 is 20.5 Å². The second kappa shape index (κ2) is 7.86. The van der Waals surface area contributed by atoms with Gasteiger partial charge in [0.25, 0.3) is 0 Å². The summed E-state index contributed by atoms with van der Waals surface area (Å²) in [5, 5.41) is 2.77. The highest BCUT2D eigenvalue weighted by molar-refractivity contribution is 9.10. The zero-order valence-corrected chi connectivity index (χ0v) is 17.0. The monoisotopic (exact) mass is 413 g/mol. The molecule has 25 heavy (non-hydrogen) atoms. The molecule has 3 N–H and O–H groups in total. The van der Waals surface area contributed by atoms with Crippen molar-refractivity contribution in [1.29, 1.82) is 0 Å². The van der Waals surface area contributed by atoms with Crippen LogP contribution >= 0.6 is 15.9 Å². The summed E-state index contributed by atoms with van der Waals surface area (Å²) in [4.78, 5) is 30.9. The van der Waals surface area contributed by atoms with Crippen LogP contribution in [0.2, 0.25) is 0 Å². The van der Waals surface area contributed by atoms with Crippen LogP contribution in [0.3, 0.4) is 0 Å². The molecule has 0 spiro atoms. The number of imidazole rings is 1. The Morgan fingerprint density at radius 2 is 2.04 bits per heavy atom. The highest BCUT2D eigenvalue weighted by atomic mass is 79.9. The maximum absolute atomic E-state index is 12.5. The van der Waals surface area contributed by atoms with Gasteiger partial charge >= 0.3 is 0 Å². The van der Waals surface area contributed by atoms with Crippen LogP contribution in [0.1, 0.15) is 45.0 Å². The van der Waals surface area contributed by atoms with Crippen molar-refractivity contribution in [1.82, 2.24) is 19.8 Å². The number of fused-ring (bicyclic) bond motifs is 1. The van der Waals surface area contributed by atoms with Crippen LogP contribution in [0.4, 0.5) is 0 Å². The molecule has 2 rings (SSSR count). The molecule has 2 amide bonds. The molecule has 0 aromatic carbocycles. The molecule has 8 heteroatoms. The molecule has 0 unspecified atom stereocenters. The van der Waals surface area contributed by atoms with Gasteiger partial charge in [0.2, 0.25) is 11.8 Å². The third-order valence-electron chi connectivity index (χ3n) is 4.27. The van der Waals surface area contributed by atoms with Crippen molar-refractivity contribution in [3.8, 4) is 0 Å². The molecule has 1 aromatic heterocycles. The first-order chi connectivity index (χ1) is 11.6. The number of carbonyl (C=O) groups is 2. The van der Waals surface area contributed by atoms with Gasteiger partial charge in [-0.05, 0) is 47.8 Å². The predicted molar refractivity (Wildman–Crippen MR) is 99.8 cm³/mol. The van der Waals surface area contributed by atoms with Crippen LogP contribution in [0, 0.1) is 5.41 Å². The number of nitrogens with one attached hydrogen (secondary N) is 1. The van der Waals surface area contributed by atoms with Crippen molar-refractivity contribution in [2.45, 2.75) is 59.2 Å². The Kier molecular flexibility index (Phi) is 6.26. The van der Waals surface area contributed by atoms with Gasteiger partial charge in [0, 0.05) is 13.1 Å². The molecule has 7 nitrogen and oxygen atoms in total. The molecule has 1 aromatic rings. The summed E-state index contributed by atoms with van der Waals surface area (Å²) in [6.45, 7) is 8.67. The normalized spacial score (nSPS) is 16.8. The summed E-state index contributed by atoms with van der Waals surface area (Å²) in [5.41, 5.74) is 7.14. The zero-order valence-electron chi connectivity index (χ0n) is 15.4. The summed E-state index contributed by atoms with van der Waals surface area (Å²) >= 11 is 3.49. The number of hydrogen-bond acceptors (Lipinski definition) is 4. The first kappa shape index (κ1) is 19.9. The summed E-state index contributed by atoms with van der Waals surface area (Å²) in [6.07, 6.45) is 1.68. The maximum Gasteiger partial charge on any atom is 0.240 e. The fourth-order valence-electron chi connectivity index (χ4n) is 3.11. The van der Waals surface area contributed by atoms with Crippen LogP contribution in [-0.4, -0.2) is 45.9 Å². The Bertz CT molecular complexity index is 650. The highest BCUT2D eigenvalue weighted by Gasteiger charge is 2.26. The van der Waals surface area contributed by atoms with E-state index in [9.17, 15) is 9.59 Å². The van der Waals surface area contributed by atoms with Crippen molar-refractivity contribution < 1.29 is 9.59 Å². The van der Waals surface area contributed by atoms with E-state index in [0.717, 1.165) is 42.2 Å². The van der Waals surface area contributed by atoms with Crippen molar-refractivity contribution >= 4 is 27.7 Å². The van der Waals surface area contributed by atoms with Gasteiger partial charge in [-0.3, -0.25) is 9.59 Å². The van der Waals surface area contributed by atoms with E-state index < -0.39 is 11.9 Å². The number of amides is 2. The summed E-state index contributed by atoms with van der Waals surface area (Å²) in [5.74, 6) is -0.735. The lowest BCUT2D eigenvalue weighted by atomic mass is 9.88. The minimum atomic E-state index is -0.667. The van der Waals surface area contributed by atoms with Crippen molar-refractivity contribution in [3.05, 3.63) is 16.1 Å². The molecule has 1 atom stereocenters. The average Bonchev–Trinajstić information content (AvgIpc) is 2.64. The zero-order chi connectivity index (χ0) is 18.8. The van der Waals surface area contributed by atoms with E-state index in [-0.39, 0.29) is 17.7 Å². The fraction of sp³-hybridized carbons (Fsp3) is 0.706.